The van der Waals surface area contributed by atoms with Gasteiger partial charge in [-0.05, 0) is 67.7 Å². The summed E-state index contributed by atoms with van der Waals surface area (Å²) in [5, 5.41) is 25.2. The number of anilines is 1. The topological polar surface area (TPSA) is 193 Å². The number of phenolic OH excluding ortho intramolecular Hbond substituents is 1. The molecule has 42 heavy (non-hydrogen) atoms. The van der Waals surface area contributed by atoms with E-state index in [0.29, 0.717) is 22.4 Å². The average molecular weight is 578 g/mol. The zero-order valence-corrected chi connectivity index (χ0v) is 23.2. The Kier molecular flexibility index (Phi) is 7.34. The van der Waals surface area contributed by atoms with E-state index in [0.717, 1.165) is 0 Å². The highest BCUT2D eigenvalue weighted by molar-refractivity contribution is 6.32. The molecular weight excluding hydrogens is 546 g/mol. The third-order valence-electron chi connectivity index (χ3n) is 8.68. The van der Waals surface area contributed by atoms with E-state index in [4.69, 9.17) is 10.5 Å². The molecule has 0 aliphatic heterocycles. The van der Waals surface area contributed by atoms with Crippen molar-refractivity contribution in [3.05, 3.63) is 47.5 Å². The smallest absolute Gasteiger partial charge is 0.250 e. The molecule has 0 radical (unpaired) electrons. The number of nitrogens with one attached hydrogen (secondary N) is 1. The lowest BCUT2D eigenvalue weighted by atomic mass is 9.52. The van der Waals surface area contributed by atoms with Crippen LogP contribution < -0.4 is 11.1 Å². The second-order valence-corrected chi connectivity index (χ2v) is 11.3. The number of nitrogens with two attached hydrogens (primary N) is 1. The van der Waals surface area contributed by atoms with Gasteiger partial charge in [0.15, 0.2) is 34.7 Å². The van der Waals surface area contributed by atoms with E-state index in [2.05, 4.69) is 5.32 Å². The van der Waals surface area contributed by atoms with Crippen LogP contribution in [0.2, 0.25) is 0 Å². The molecule has 3 aliphatic rings. The number of benzene rings is 2. The third-order valence-corrected chi connectivity index (χ3v) is 8.68. The molecule has 6 atom stereocenters. The number of carbonyl (C=O) groups is 6. The summed E-state index contributed by atoms with van der Waals surface area (Å²) in [7, 11) is 4.46. The number of methoxy groups -OCH3 is 1. The van der Waals surface area contributed by atoms with E-state index in [1.807, 2.05) is 0 Å². The van der Waals surface area contributed by atoms with Crippen molar-refractivity contribution < 1.29 is 43.7 Å². The fourth-order valence-corrected chi connectivity index (χ4v) is 6.97. The maximum atomic E-state index is 14.0. The number of hydrogen-bond acceptors (Lipinski definition) is 10. The summed E-state index contributed by atoms with van der Waals surface area (Å²) in [6.07, 6.45) is 0.0714. The quantitative estimate of drug-likeness (QED) is 0.343. The van der Waals surface area contributed by atoms with Gasteiger partial charge >= 0.3 is 0 Å². The molecule has 2 unspecified atom stereocenters. The van der Waals surface area contributed by atoms with Crippen molar-refractivity contribution in [2.24, 2.45) is 29.4 Å². The molecule has 0 bridgehead atoms. The Morgan fingerprint density at radius 2 is 1.83 bits per heavy atom. The van der Waals surface area contributed by atoms with Gasteiger partial charge in [-0.2, -0.15) is 0 Å². The minimum atomic E-state index is -2.78. The molecule has 2 saturated carbocycles. The Hall–Kier alpha value is -4.26. The molecule has 0 aromatic heterocycles. The van der Waals surface area contributed by atoms with Crippen LogP contribution in [0.4, 0.5) is 5.69 Å². The SMILES string of the molecule is COCC(=O)Nc1cccc(-c2ccc(O)c3c2C[C@H]2C[C@H]4[C@H](N(C)C)C(=O)C(C(N)=O)C(=O)[C@@]4(O)C(=O)C2C3=O)c1. The first kappa shape index (κ1) is 29.2. The number of Topliss-reactive ketones (excluding diaryl/α,β-unsaturated/α-hetero) is 4. The Morgan fingerprint density at radius 3 is 2.48 bits per heavy atom. The zero-order chi connectivity index (χ0) is 30.7. The second-order valence-electron chi connectivity index (χ2n) is 11.3. The van der Waals surface area contributed by atoms with Crippen LogP contribution in [-0.2, 0) is 35.1 Å². The largest absolute Gasteiger partial charge is 0.507 e. The molecule has 220 valence electrons. The summed E-state index contributed by atoms with van der Waals surface area (Å²) < 4.78 is 4.86. The van der Waals surface area contributed by atoms with Gasteiger partial charge in [-0.25, -0.2) is 0 Å². The van der Waals surface area contributed by atoms with Crippen molar-refractivity contribution in [3.63, 3.8) is 0 Å². The second kappa shape index (κ2) is 10.5. The van der Waals surface area contributed by atoms with Crippen LogP contribution in [-0.4, -0.2) is 89.5 Å². The molecular formula is C30H31N3O9. The van der Waals surface area contributed by atoms with Gasteiger partial charge in [0, 0.05) is 18.7 Å². The van der Waals surface area contributed by atoms with Crippen LogP contribution in [0, 0.1) is 23.7 Å². The summed E-state index contributed by atoms with van der Waals surface area (Å²) in [5.41, 5.74) is 4.62. The molecule has 12 heteroatoms. The van der Waals surface area contributed by atoms with Crippen LogP contribution in [0.5, 0.6) is 5.75 Å². The number of hydrogen-bond donors (Lipinski definition) is 4. The molecule has 2 aromatic carbocycles. The first-order valence-corrected chi connectivity index (χ1v) is 13.4. The van der Waals surface area contributed by atoms with Crippen LogP contribution in [0.3, 0.4) is 0 Å². The minimum Gasteiger partial charge on any atom is -0.507 e. The number of ketones is 4. The minimum absolute atomic E-state index is 0.0495. The standard InChI is InChI=1S/C30H31N3O9/c1-33(2)24-18-11-14-10-17-16(13-5-4-6-15(9-13)32-20(35)12-42-3)7-8-19(34)22(17)25(36)21(14)27(38)30(18,41)28(39)23(26(24)37)29(31)40/h4-9,14,18,21,23-24,34,41H,10-12H2,1-3H3,(H2,31,40)(H,32,35)/t14-,18-,21?,23?,24-,30-/m0/s1. The molecule has 5 N–H and O–H groups in total. The number of phenols is 1. The predicted octanol–water partition coefficient (Wildman–Crippen LogP) is 0.119. The number of likely N-dealkylation sites (N-methyl/N-ethyl adjacent to an activating group) is 1. The number of nitrogens with zero attached hydrogens (tertiary/aromatic N) is 1. The molecule has 0 saturated heterocycles. The van der Waals surface area contributed by atoms with Gasteiger partial charge in [0.25, 0.3) is 0 Å². The van der Waals surface area contributed by atoms with Crippen LogP contribution in [0.25, 0.3) is 11.1 Å². The fourth-order valence-electron chi connectivity index (χ4n) is 6.97. The monoisotopic (exact) mass is 577 g/mol. The summed E-state index contributed by atoms with van der Waals surface area (Å²) in [6.45, 7) is -0.142. The predicted molar refractivity (Wildman–Crippen MR) is 147 cm³/mol. The Morgan fingerprint density at radius 1 is 1.12 bits per heavy atom. The molecule has 0 spiro atoms. The molecule has 5 rings (SSSR count). The molecule has 2 amide bonds. The number of aliphatic hydroxyl groups is 1. The normalized spacial score (nSPS) is 28.6. The number of primary amides is 1. The first-order chi connectivity index (χ1) is 19.8. The van der Waals surface area contributed by atoms with Crippen molar-refractivity contribution in [2.45, 2.75) is 24.5 Å². The van der Waals surface area contributed by atoms with Crippen molar-refractivity contribution in [1.29, 1.82) is 0 Å². The van der Waals surface area contributed by atoms with E-state index in [-0.39, 0.29) is 36.7 Å². The van der Waals surface area contributed by atoms with Crippen molar-refractivity contribution >= 4 is 40.6 Å². The molecule has 12 nitrogen and oxygen atoms in total. The first-order valence-electron chi connectivity index (χ1n) is 13.4. The fraction of sp³-hybridized carbons (Fsp3) is 0.400. The maximum Gasteiger partial charge on any atom is 0.250 e. The van der Waals surface area contributed by atoms with Gasteiger partial charge in [-0.1, -0.05) is 18.2 Å². The Balaban J connectivity index is 1.60. The van der Waals surface area contributed by atoms with Gasteiger partial charge in [-0.3, -0.25) is 33.7 Å². The summed E-state index contributed by atoms with van der Waals surface area (Å²) in [5.74, 6) is -11.4. The Bertz CT molecular complexity index is 1550. The molecule has 2 aromatic rings. The van der Waals surface area contributed by atoms with Crippen molar-refractivity contribution in [3.8, 4) is 16.9 Å². The Labute approximate surface area is 240 Å². The van der Waals surface area contributed by atoms with E-state index in [1.54, 1.807) is 30.3 Å². The van der Waals surface area contributed by atoms with E-state index >= 15 is 0 Å². The van der Waals surface area contributed by atoms with E-state index < -0.39 is 64.4 Å². The van der Waals surface area contributed by atoms with Crippen LogP contribution in [0.15, 0.2) is 36.4 Å². The number of carbonyl (C=O) groups excluding carboxylic acids is 6. The van der Waals surface area contributed by atoms with Gasteiger partial charge in [0.05, 0.1) is 17.5 Å². The van der Waals surface area contributed by atoms with Crippen molar-refractivity contribution in [2.75, 3.05) is 33.1 Å². The lowest BCUT2D eigenvalue weighted by Crippen LogP contribution is -2.74. The van der Waals surface area contributed by atoms with Crippen LogP contribution >= 0.6 is 0 Å². The summed E-state index contributed by atoms with van der Waals surface area (Å²) >= 11 is 0. The molecule has 0 heterocycles. The average Bonchev–Trinajstić information content (AvgIpc) is 2.90. The highest BCUT2D eigenvalue weighted by atomic mass is 16.5. The number of fused-ring (bicyclic) bond motifs is 3. The summed E-state index contributed by atoms with van der Waals surface area (Å²) in [4.78, 5) is 80.1. The zero-order valence-electron chi connectivity index (χ0n) is 23.2. The van der Waals surface area contributed by atoms with E-state index in [1.165, 1.54) is 32.2 Å². The lowest BCUT2D eigenvalue weighted by Gasteiger charge is -2.52. The van der Waals surface area contributed by atoms with Crippen molar-refractivity contribution in [1.82, 2.24) is 4.90 Å². The highest BCUT2D eigenvalue weighted by Crippen LogP contribution is 2.51. The molecule has 2 fully saturated rings. The van der Waals surface area contributed by atoms with E-state index in [9.17, 15) is 39.0 Å². The number of ether oxygens (including phenoxy) is 1. The van der Waals surface area contributed by atoms with Gasteiger partial charge in [0.2, 0.25) is 11.8 Å². The van der Waals surface area contributed by atoms with Crippen LogP contribution in [0.1, 0.15) is 22.3 Å². The lowest BCUT2D eigenvalue weighted by molar-refractivity contribution is -0.181. The maximum absolute atomic E-state index is 14.0. The number of rotatable bonds is 6. The molecule has 3 aliphatic carbocycles. The third kappa shape index (κ3) is 4.34. The number of amides is 2. The summed E-state index contributed by atoms with van der Waals surface area (Å²) in [6, 6.07) is 8.64. The highest BCUT2D eigenvalue weighted by Gasteiger charge is 2.69. The van der Waals surface area contributed by atoms with Gasteiger partial charge < -0.3 is 26.0 Å². The van der Waals surface area contributed by atoms with Gasteiger partial charge in [0.1, 0.15) is 12.4 Å². The number of aromatic hydroxyl groups is 1. The van der Waals surface area contributed by atoms with Gasteiger partial charge in [-0.15, -0.1) is 0 Å².